The van der Waals surface area contributed by atoms with E-state index >= 15 is 0 Å². The van der Waals surface area contributed by atoms with E-state index in [1.165, 1.54) is 0 Å². The molecule has 0 unspecified atom stereocenters. The molecule has 0 amide bonds. The Labute approximate surface area is 113 Å². The zero-order chi connectivity index (χ0) is 12.9. The monoisotopic (exact) mass is 271 g/mol. The van der Waals surface area contributed by atoms with E-state index in [4.69, 9.17) is 4.74 Å². The summed E-state index contributed by atoms with van der Waals surface area (Å²) < 4.78 is 5.10. The molecule has 1 aromatic rings. The number of carbonyl (C=O) groups excluding carboxylic acids is 2. The normalized spacial score (nSPS) is 10.4. The molecule has 0 aliphatic heterocycles. The minimum Gasteiger partial charge on any atom is -0.425 e. The van der Waals surface area contributed by atoms with Gasteiger partial charge in [-0.3, -0.25) is 9.59 Å². The van der Waals surface area contributed by atoms with E-state index in [0.717, 1.165) is 0 Å². The topological polar surface area (TPSA) is 55.4 Å². The summed E-state index contributed by atoms with van der Waals surface area (Å²) in [5, 5.41) is 3.02. The first-order valence-corrected chi connectivity index (χ1v) is 5.42. The Kier molecular flexibility index (Phi) is 6.58. The zero-order valence-corrected chi connectivity index (χ0v) is 11.5. The minimum atomic E-state index is -0.408. The fraction of sp³-hybridized carbons (Fsp3) is 0.385. The van der Waals surface area contributed by atoms with E-state index in [2.05, 4.69) is 5.32 Å². The van der Waals surface area contributed by atoms with Crippen LogP contribution in [-0.4, -0.2) is 24.3 Å². The summed E-state index contributed by atoms with van der Waals surface area (Å²) in [7, 11) is 0. The van der Waals surface area contributed by atoms with E-state index in [9.17, 15) is 9.59 Å². The molecule has 1 N–H and O–H groups in total. The number of hydrogen-bond donors (Lipinski definition) is 1. The molecule has 0 atom stereocenters. The second-order valence-corrected chi connectivity index (χ2v) is 4.73. The van der Waals surface area contributed by atoms with Crippen molar-refractivity contribution in [2.24, 2.45) is 0 Å². The van der Waals surface area contributed by atoms with Gasteiger partial charge in [0, 0.05) is 5.54 Å². The molecular formula is C13H18ClNO3. The molecule has 0 bridgehead atoms. The number of halogens is 1. The van der Waals surface area contributed by atoms with Crippen molar-refractivity contribution in [3.8, 4) is 5.75 Å². The summed E-state index contributed by atoms with van der Waals surface area (Å²) in [5.41, 5.74) is 0.222. The maximum Gasteiger partial charge on any atom is 0.325 e. The highest BCUT2D eigenvalue weighted by molar-refractivity contribution is 5.85. The molecule has 0 aliphatic rings. The summed E-state index contributed by atoms with van der Waals surface area (Å²) in [6, 6.07) is 6.63. The molecule has 0 radical (unpaired) electrons. The fourth-order valence-corrected chi connectivity index (χ4v) is 1.17. The number of rotatable bonds is 4. The van der Waals surface area contributed by atoms with Crippen LogP contribution in [0.5, 0.6) is 5.75 Å². The number of hydrogen-bond acceptors (Lipinski definition) is 4. The number of nitrogens with one attached hydrogen (secondary N) is 1. The number of esters is 1. The van der Waals surface area contributed by atoms with E-state index in [1.807, 2.05) is 20.8 Å². The summed E-state index contributed by atoms with van der Waals surface area (Å²) >= 11 is 0. The van der Waals surface area contributed by atoms with Crippen molar-refractivity contribution >= 4 is 24.7 Å². The van der Waals surface area contributed by atoms with Gasteiger partial charge >= 0.3 is 5.97 Å². The lowest BCUT2D eigenvalue weighted by molar-refractivity contribution is -0.133. The van der Waals surface area contributed by atoms with Gasteiger partial charge in [-0.1, -0.05) is 12.1 Å². The molecule has 1 rings (SSSR count). The van der Waals surface area contributed by atoms with Gasteiger partial charge in [0.1, 0.15) is 5.75 Å². The lowest BCUT2D eigenvalue weighted by atomic mass is 10.1. The molecule has 4 nitrogen and oxygen atoms in total. The van der Waals surface area contributed by atoms with Crippen LogP contribution in [0.25, 0.3) is 0 Å². The fourth-order valence-electron chi connectivity index (χ4n) is 1.17. The smallest absolute Gasteiger partial charge is 0.325 e. The molecule has 0 aliphatic carbocycles. The van der Waals surface area contributed by atoms with E-state index in [1.54, 1.807) is 24.3 Å². The molecule has 0 aromatic heterocycles. The first kappa shape index (κ1) is 16.6. The molecule has 0 saturated heterocycles. The first-order valence-electron chi connectivity index (χ1n) is 5.42. The van der Waals surface area contributed by atoms with Gasteiger partial charge in [0.25, 0.3) is 0 Å². The van der Waals surface area contributed by atoms with Crippen LogP contribution in [-0.2, 0) is 4.79 Å². The number of carbonyl (C=O) groups is 2. The van der Waals surface area contributed by atoms with Crippen LogP contribution in [0.15, 0.2) is 24.3 Å². The number of benzene rings is 1. The number of ether oxygens (including phenoxy) is 1. The standard InChI is InChI=1S/C13H17NO3.ClH/c1-13(2,3)14-8-12(16)17-11-7-5-4-6-10(11)9-15;/h4-7,9,14H,8H2,1-3H3;1H. The van der Waals surface area contributed by atoms with Gasteiger partial charge in [-0.2, -0.15) is 0 Å². The van der Waals surface area contributed by atoms with Gasteiger partial charge in [-0.15, -0.1) is 12.4 Å². The molecule has 0 heterocycles. The van der Waals surface area contributed by atoms with Crippen molar-refractivity contribution in [3.05, 3.63) is 29.8 Å². The van der Waals surface area contributed by atoms with Crippen LogP contribution in [0, 0.1) is 0 Å². The Bertz CT molecular complexity index is 413. The Hall–Kier alpha value is -1.39. The van der Waals surface area contributed by atoms with Crippen molar-refractivity contribution in [3.63, 3.8) is 0 Å². The minimum absolute atomic E-state index is 0. The molecule has 100 valence electrons. The predicted octanol–water partition coefficient (Wildman–Crippen LogP) is 2.21. The zero-order valence-electron chi connectivity index (χ0n) is 10.7. The molecule has 0 saturated carbocycles. The average molecular weight is 272 g/mol. The predicted molar refractivity (Wildman–Crippen MR) is 72.5 cm³/mol. The molecule has 0 fully saturated rings. The Morgan fingerprint density at radius 1 is 1.33 bits per heavy atom. The van der Waals surface area contributed by atoms with E-state index in [0.29, 0.717) is 17.6 Å². The largest absolute Gasteiger partial charge is 0.425 e. The Balaban J connectivity index is 0.00000289. The molecule has 0 spiro atoms. The van der Waals surface area contributed by atoms with Crippen LogP contribution >= 0.6 is 12.4 Å². The van der Waals surface area contributed by atoms with Gasteiger partial charge in [0.05, 0.1) is 12.1 Å². The molecular weight excluding hydrogens is 254 g/mol. The van der Waals surface area contributed by atoms with Gasteiger partial charge < -0.3 is 10.1 Å². The van der Waals surface area contributed by atoms with Crippen molar-refractivity contribution in [1.29, 1.82) is 0 Å². The highest BCUT2D eigenvalue weighted by atomic mass is 35.5. The van der Waals surface area contributed by atoms with Crippen molar-refractivity contribution in [1.82, 2.24) is 5.32 Å². The van der Waals surface area contributed by atoms with Gasteiger partial charge in [-0.25, -0.2) is 0 Å². The van der Waals surface area contributed by atoms with Gasteiger partial charge in [0.15, 0.2) is 6.29 Å². The number of aldehydes is 1. The third-order valence-electron chi connectivity index (χ3n) is 2.03. The third kappa shape index (κ3) is 5.80. The van der Waals surface area contributed by atoms with Crippen LogP contribution in [0.4, 0.5) is 0 Å². The SMILES string of the molecule is CC(C)(C)NCC(=O)Oc1ccccc1C=O.Cl. The van der Waals surface area contributed by atoms with E-state index < -0.39 is 5.97 Å². The summed E-state index contributed by atoms with van der Waals surface area (Å²) in [6.45, 7) is 5.98. The van der Waals surface area contributed by atoms with Crippen molar-refractivity contribution in [2.45, 2.75) is 26.3 Å². The van der Waals surface area contributed by atoms with Crippen molar-refractivity contribution in [2.75, 3.05) is 6.54 Å². The highest BCUT2D eigenvalue weighted by Crippen LogP contribution is 2.15. The Morgan fingerprint density at radius 2 is 1.94 bits per heavy atom. The molecule has 18 heavy (non-hydrogen) atoms. The quantitative estimate of drug-likeness (QED) is 0.518. The summed E-state index contributed by atoms with van der Waals surface area (Å²) in [4.78, 5) is 22.2. The maximum absolute atomic E-state index is 11.5. The second kappa shape index (κ2) is 7.13. The van der Waals surface area contributed by atoms with Gasteiger partial charge in [0.2, 0.25) is 0 Å². The molecule has 1 aromatic carbocycles. The lowest BCUT2D eigenvalue weighted by Crippen LogP contribution is -2.40. The third-order valence-corrected chi connectivity index (χ3v) is 2.03. The van der Waals surface area contributed by atoms with Crippen molar-refractivity contribution < 1.29 is 14.3 Å². The first-order chi connectivity index (χ1) is 7.92. The maximum atomic E-state index is 11.5. The summed E-state index contributed by atoms with van der Waals surface area (Å²) in [6.07, 6.45) is 0.666. The lowest BCUT2D eigenvalue weighted by Gasteiger charge is -2.19. The average Bonchev–Trinajstić information content (AvgIpc) is 2.26. The molecule has 5 heteroatoms. The summed E-state index contributed by atoms with van der Waals surface area (Å²) in [5.74, 6) is -0.113. The van der Waals surface area contributed by atoms with Gasteiger partial charge in [-0.05, 0) is 32.9 Å². The Morgan fingerprint density at radius 3 is 2.50 bits per heavy atom. The van der Waals surface area contributed by atoms with Crippen LogP contribution in [0.3, 0.4) is 0 Å². The second-order valence-electron chi connectivity index (χ2n) is 4.73. The van der Waals surface area contributed by atoms with Crippen LogP contribution in [0.1, 0.15) is 31.1 Å². The van der Waals surface area contributed by atoms with Crippen LogP contribution in [0.2, 0.25) is 0 Å². The number of para-hydroxylation sites is 1. The van der Waals surface area contributed by atoms with Crippen LogP contribution < -0.4 is 10.1 Å². The van der Waals surface area contributed by atoms with E-state index in [-0.39, 0.29) is 24.5 Å². The highest BCUT2D eigenvalue weighted by Gasteiger charge is 2.13.